The Morgan fingerprint density at radius 3 is 2.69 bits per heavy atom. The molecule has 0 radical (unpaired) electrons. The zero-order chi connectivity index (χ0) is 23.9. The Morgan fingerprint density at radius 1 is 1.06 bits per heavy atom. The van der Waals surface area contributed by atoms with Crippen LogP contribution in [0.15, 0.2) is 77.9 Å². The SMILES string of the molecule is Cc1cc2ccccc2nc1-c1ccc(COc2nn(C)cc2-c2ccc(=O)[nH]c2)c(C2CC2)c1. The first-order valence-electron chi connectivity index (χ1n) is 11.9. The van der Waals surface area contributed by atoms with Crippen LogP contribution in [0.1, 0.15) is 35.4 Å². The van der Waals surface area contributed by atoms with Crippen molar-refractivity contribution in [3.05, 3.63) is 100 Å². The number of pyridine rings is 2. The lowest BCUT2D eigenvalue weighted by molar-refractivity contribution is 0.291. The summed E-state index contributed by atoms with van der Waals surface area (Å²) in [5, 5.41) is 5.67. The van der Waals surface area contributed by atoms with E-state index >= 15 is 0 Å². The van der Waals surface area contributed by atoms with E-state index in [0.717, 1.165) is 33.3 Å². The Labute approximate surface area is 203 Å². The van der Waals surface area contributed by atoms with Gasteiger partial charge in [-0.1, -0.05) is 30.3 Å². The summed E-state index contributed by atoms with van der Waals surface area (Å²) >= 11 is 0. The zero-order valence-electron chi connectivity index (χ0n) is 19.8. The zero-order valence-corrected chi connectivity index (χ0v) is 19.8. The van der Waals surface area contributed by atoms with Gasteiger partial charge in [-0.25, -0.2) is 4.98 Å². The molecule has 3 aromatic heterocycles. The highest BCUT2D eigenvalue weighted by Crippen LogP contribution is 2.43. The fourth-order valence-electron chi connectivity index (χ4n) is 4.66. The van der Waals surface area contributed by atoms with Crippen molar-refractivity contribution >= 4 is 10.9 Å². The van der Waals surface area contributed by atoms with E-state index in [1.807, 2.05) is 25.4 Å². The highest BCUT2D eigenvalue weighted by atomic mass is 16.5. The number of para-hydroxylation sites is 1. The third-order valence-corrected chi connectivity index (χ3v) is 6.61. The molecule has 5 aromatic rings. The van der Waals surface area contributed by atoms with Crippen LogP contribution < -0.4 is 10.3 Å². The summed E-state index contributed by atoms with van der Waals surface area (Å²) in [5.41, 5.74) is 8.45. The average Bonchev–Trinajstić information content (AvgIpc) is 3.65. The van der Waals surface area contributed by atoms with Gasteiger partial charge >= 0.3 is 0 Å². The molecule has 0 atom stereocenters. The molecule has 0 bridgehead atoms. The molecule has 0 saturated heterocycles. The molecule has 2 aromatic carbocycles. The average molecular weight is 463 g/mol. The van der Waals surface area contributed by atoms with E-state index < -0.39 is 0 Å². The van der Waals surface area contributed by atoms with Crippen molar-refractivity contribution in [1.29, 1.82) is 0 Å². The van der Waals surface area contributed by atoms with Crippen LogP contribution in [0.5, 0.6) is 5.88 Å². The predicted octanol–water partition coefficient (Wildman–Crippen LogP) is 5.76. The summed E-state index contributed by atoms with van der Waals surface area (Å²) in [6.45, 7) is 2.56. The first kappa shape index (κ1) is 21.4. The number of ether oxygens (including phenoxy) is 1. The van der Waals surface area contributed by atoms with Crippen LogP contribution in [-0.4, -0.2) is 19.7 Å². The Morgan fingerprint density at radius 2 is 1.89 bits per heavy atom. The Bertz CT molecular complexity index is 1590. The highest BCUT2D eigenvalue weighted by Gasteiger charge is 2.27. The van der Waals surface area contributed by atoms with Crippen LogP contribution in [0.25, 0.3) is 33.3 Å². The fraction of sp³-hybridized carbons (Fsp3) is 0.207. The molecule has 174 valence electrons. The van der Waals surface area contributed by atoms with Gasteiger partial charge in [-0.2, -0.15) is 0 Å². The molecule has 0 unspecified atom stereocenters. The van der Waals surface area contributed by atoms with E-state index in [1.54, 1.807) is 16.9 Å². The van der Waals surface area contributed by atoms with Crippen molar-refractivity contribution in [2.24, 2.45) is 7.05 Å². The smallest absolute Gasteiger partial charge is 0.247 e. The van der Waals surface area contributed by atoms with Crippen molar-refractivity contribution < 1.29 is 4.74 Å². The lowest BCUT2D eigenvalue weighted by Crippen LogP contribution is -2.03. The number of rotatable bonds is 6. The number of benzene rings is 2. The van der Waals surface area contributed by atoms with E-state index in [9.17, 15) is 4.79 Å². The maximum absolute atomic E-state index is 11.5. The maximum atomic E-state index is 11.5. The largest absolute Gasteiger partial charge is 0.471 e. The number of aryl methyl sites for hydroxylation is 2. The van der Waals surface area contributed by atoms with Gasteiger partial charge in [-0.15, -0.1) is 5.10 Å². The van der Waals surface area contributed by atoms with Crippen LogP contribution in [0.2, 0.25) is 0 Å². The molecule has 1 aliphatic rings. The van der Waals surface area contributed by atoms with Gasteiger partial charge in [0.05, 0.1) is 16.8 Å². The second-order valence-electron chi connectivity index (χ2n) is 9.29. The third kappa shape index (κ3) is 4.23. The molecular weight excluding hydrogens is 436 g/mol. The van der Waals surface area contributed by atoms with Gasteiger partial charge in [-0.05, 0) is 66.6 Å². The number of nitrogens with zero attached hydrogens (tertiary/aromatic N) is 3. The molecule has 3 heterocycles. The number of nitrogens with one attached hydrogen (secondary N) is 1. The molecule has 0 aliphatic heterocycles. The number of fused-ring (bicyclic) bond motifs is 1. The van der Waals surface area contributed by atoms with E-state index in [2.05, 4.69) is 53.4 Å². The second kappa shape index (κ2) is 8.55. The van der Waals surface area contributed by atoms with Gasteiger partial charge in [-0.3, -0.25) is 9.48 Å². The number of hydrogen-bond acceptors (Lipinski definition) is 4. The molecule has 1 N–H and O–H groups in total. The molecule has 6 rings (SSSR count). The second-order valence-corrected chi connectivity index (χ2v) is 9.29. The Kier molecular flexibility index (Phi) is 5.21. The lowest BCUT2D eigenvalue weighted by Gasteiger charge is -2.14. The van der Waals surface area contributed by atoms with E-state index in [4.69, 9.17) is 9.72 Å². The molecule has 0 amide bonds. The molecule has 1 saturated carbocycles. The quantitative estimate of drug-likeness (QED) is 0.348. The number of aromatic amines is 1. The van der Waals surface area contributed by atoms with Crippen molar-refractivity contribution in [3.8, 4) is 28.3 Å². The summed E-state index contributed by atoms with van der Waals surface area (Å²) < 4.78 is 7.97. The summed E-state index contributed by atoms with van der Waals surface area (Å²) in [4.78, 5) is 19.2. The molecule has 0 spiro atoms. The lowest BCUT2D eigenvalue weighted by atomic mass is 9.97. The minimum Gasteiger partial charge on any atom is -0.471 e. The topological polar surface area (TPSA) is 72.8 Å². The number of hydrogen-bond donors (Lipinski definition) is 1. The first-order valence-corrected chi connectivity index (χ1v) is 11.9. The summed E-state index contributed by atoms with van der Waals surface area (Å²) in [7, 11) is 1.87. The first-order chi connectivity index (χ1) is 17.0. The maximum Gasteiger partial charge on any atom is 0.247 e. The van der Waals surface area contributed by atoms with Gasteiger partial charge in [0.15, 0.2) is 0 Å². The molecule has 6 nitrogen and oxygen atoms in total. The summed E-state index contributed by atoms with van der Waals surface area (Å²) in [6.07, 6.45) is 6.00. The van der Waals surface area contributed by atoms with E-state index in [1.165, 1.54) is 35.6 Å². The molecule has 6 heteroatoms. The molecule has 35 heavy (non-hydrogen) atoms. The van der Waals surface area contributed by atoms with E-state index in [-0.39, 0.29) is 5.56 Å². The Hall–Kier alpha value is -4.19. The Balaban J connectivity index is 1.31. The van der Waals surface area contributed by atoms with Crippen LogP contribution in [0.4, 0.5) is 0 Å². The van der Waals surface area contributed by atoms with Crippen molar-refractivity contribution in [1.82, 2.24) is 19.7 Å². The van der Waals surface area contributed by atoms with Gasteiger partial charge in [0.1, 0.15) is 6.61 Å². The predicted molar refractivity (Wildman–Crippen MR) is 137 cm³/mol. The molecule has 1 aliphatic carbocycles. The molecule has 1 fully saturated rings. The van der Waals surface area contributed by atoms with Crippen molar-refractivity contribution in [2.75, 3.05) is 0 Å². The third-order valence-electron chi connectivity index (χ3n) is 6.61. The molecular formula is C29H26N4O2. The normalized spacial score (nSPS) is 13.3. The monoisotopic (exact) mass is 462 g/mol. The number of H-pyrrole nitrogens is 1. The van der Waals surface area contributed by atoms with Crippen LogP contribution in [0, 0.1) is 6.92 Å². The highest BCUT2D eigenvalue weighted by molar-refractivity contribution is 5.83. The number of aromatic nitrogens is 4. The van der Waals surface area contributed by atoms with Crippen molar-refractivity contribution in [3.63, 3.8) is 0 Å². The van der Waals surface area contributed by atoms with Gasteiger partial charge in [0, 0.05) is 42.0 Å². The minimum atomic E-state index is -0.134. The summed E-state index contributed by atoms with van der Waals surface area (Å²) in [6, 6.07) is 20.4. The van der Waals surface area contributed by atoms with E-state index in [0.29, 0.717) is 18.4 Å². The van der Waals surface area contributed by atoms with Gasteiger partial charge in [0.2, 0.25) is 11.4 Å². The summed E-state index contributed by atoms with van der Waals surface area (Å²) in [5.74, 6) is 1.12. The van der Waals surface area contributed by atoms with Gasteiger partial charge < -0.3 is 9.72 Å². The van der Waals surface area contributed by atoms with Crippen LogP contribution in [-0.2, 0) is 13.7 Å². The van der Waals surface area contributed by atoms with Crippen LogP contribution >= 0.6 is 0 Å². The fourth-order valence-corrected chi connectivity index (χ4v) is 4.66. The minimum absolute atomic E-state index is 0.134. The van der Waals surface area contributed by atoms with Crippen molar-refractivity contribution in [2.45, 2.75) is 32.3 Å². The standard InChI is InChI=1S/C29H26N4O2/c1-18-13-20-5-3-4-6-26(20)31-28(18)21-9-10-23(24(14-21)19-7-8-19)17-35-29-25(16-33(2)32-29)22-11-12-27(34)30-15-22/h3-6,9-16,19H,7-8,17H2,1-2H3,(H,30,34). The van der Waals surface area contributed by atoms with Gasteiger partial charge in [0.25, 0.3) is 0 Å². The van der Waals surface area contributed by atoms with Crippen LogP contribution in [0.3, 0.4) is 0 Å².